The highest BCUT2D eigenvalue weighted by Crippen LogP contribution is 2.16. The molecule has 1 atom stereocenters. The van der Waals surface area contributed by atoms with E-state index in [0.29, 0.717) is 0 Å². The van der Waals surface area contributed by atoms with Crippen LogP contribution in [0.15, 0.2) is 12.5 Å². The van der Waals surface area contributed by atoms with Gasteiger partial charge in [0, 0.05) is 7.05 Å². The molecular weight excluding hydrogens is 225 g/mol. The highest BCUT2D eigenvalue weighted by atomic mass is 19.4. The molecule has 1 unspecified atom stereocenters. The summed E-state index contributed by atoms with van der Waals surface area (Å²) in [7, 11) is 1.56. The van der Waals surface area contributed by atoms with E-state index in [9.17, 15) is 18.0 Å². The van der Waals surface area contributed by atoms with Gasteiger partial charge in [0.25, 0.3) is 0 Å². The fraction of sp³-hybridized carbons (Fsp3) is 0.500. The summed E-state index contributed by atoms with van der Waals surface area (Å²) in [6.07, 6.45) is -1.73. The summed E-state index contributed by atoms with van der Waals surface area (Å²) < 4.78 is 37.4. The summed E-state index contributed by atoms with van der Waals surface area (Å²) in [5.74, 6) is -0.882. The fourth-order valence-electron chi connectivity index (χ4n) is 1.21. The zero-order chi connectivity index (χ0) is 12.3. The van der Waals surface area contributed by atoms with Gasteiger partial charge in [-0.3, -0.25) is 10.1 Å². The van der Waals surface area contributed by atoms with E-state index in [0.717, 1.165) is 0 Å². The molecule has 0 spiro atoms. The van der Waals surface area contributed by atoms with Crippen molar-refractivity contribution in [3.8, 4) is 0 Å². The lowest BCUT2D eigenvalue weighted by Gasteiger charge is -2.16. The quantitative estimate of drug-likeness (QED) is 0.778. The topological polar surface area (TPSA) is 72.9 Å². The molecule has 0 bridgehead atoms. The van der Waals surface area contributed by atoms with Crippen LogP contribution in [0, 0.1) is 0 Å². The van der Waals surface area contributed by atoms with Crippen molar-refractivity contribution in [3.05, 3.63) is 18.2 Å². The van der Waals surface area contributed by atoms with Gasteiger partial charge in [0.05, 0.1) is 24.8 Å². The first-order chi connectivity index (χ1) is 7.31. The molecule has 0 aromatic carbocycles. The minimum Gasteiger partial charge on any atom is -0.368 e. The molecule has 1 heterocycles. The molecule has 0 aliphatic rings. The third kappa shape index (κ3) is 3.23. The normalized spacial score (nSPS) is 13.8. The van der Waals surface area contributed by atoms with Gasteiger partial charge in [-0.1, -0.05) is 0 Å². The maximum atomic E-state index is 12.0. The van der Waals surface area contributed by atoms with Crippen molar-refractivity contribution in [1.29, 1.82) is 0 Å². The van der Waals surface area contributed by atoms with Crippen LogP contribution in [0.25, 0.3) is 0 Å². The van der Waals surface area contributed by atoms with E-state index < -0.39 is 24.7 Å². The monoisotopic (exact) mass is 236 g/mol. The molecule has 0 aliphatic carbocycles. The van der Waals surface area contributed by atoms with E-state index in [4.69, 9.17) is 5.73 Å². The Bertz CT molecular complexity index is 374. The van der Waals surface area contributed by atoms with Crippen molar-refractivity contribution < 1.29 is 18.0 Å². The lowest BCUT2D eigenvalue weighted by Crippen LogP contribution is -2.39. The van der Waals surface area contributed by atoms with Crippen molar-refractivity contribution in [3.63, 3.8) is 0 Å². The largest absolute Gasteiger partial charge is 0.401 e. The van der Waals surface area contributed by atoms with Crippen molar-refractivity contribution >= 4 is 5.91 Å². The molecular formula is C8H11F3N4O. The Morgan fingerprint density at radius 1 is 1.69 bits per heavy atom. The first-order valence-electron chi connectivity index (χ1n) is 4.37. The number of nitrogens with two attached hydrogens (primary N) is 1. The summed E-state index contributed by atoms with van der Waals surface area (Å²) in [4.78, 5) is 14.7. The number of carbonyl (C=O) groups excluding carboxylic acids is 1. The first kappa shape index (κ1) is 12.5. The van der Waals surface area contributed by atoms with Crippen molar-refractivity contribution in [2.45, 2.75) is 12.2 Å². The summed E-state index contributed by atoms with van der Waals surface area (Å²) >= 11 is 0. The number of rotatable bonds is 4. The number of aryl methyl sites for hydroxylation is 1. The number of nitrogens with one attached hydrogen (secondary N) is 1. The molecule has 0 radical (unpaired) electrons. The summed E-state index contributed by atoms with van der Waals surface area (Å²) in [5, 5.41) is 2.04. The molecule has 16 heavy (non-hydrogen) atoms. The minimum absolute atomic E-state index is 0.289. The number of imidazole rings is 1. The van der Waals surface area contributed by atoms with E-state index in [-0.39, 0.29) is 5.69 Å². The highest BCUT2D eigenvalue weighted by Gasteiger charge is 2.30. The van der Waals surface area contributed by atoms with Gasteiger partial charge >= 0.3 is 6.18 Å². The van der Waals surface area contributed by atoms with Crippen molar-refractivity contribution in [2.75, 3.05) is 6.54 Å². The highest BCUT2D eigenvalue weighted by molar-refractivity contribution is 5.80. The number of carbonyl (C=O) groups is 1. The Balaban J connectivity index is 2.78. The van der Waals surface area contributed by atoms with Crippen molar-refractivity contribution in [2.24, 2.45) is 12.8 Å². The molecule has 1 aromatic rings. The van der Waals surface area contributed by atoms with Crippen LogP contribution in [-0.4, -0.2) is 28.2 Å². The van der Waals surface area contributed by atoms with E-state index in [1.54, 1.807) is 7.05 Å². The Morgan fingerprint density at radius 3 is 2.69 bits per heavy atom. The Labute approximate surface area is 89.4 Å². The molecule has 0 fully saturated rings. The number of halogens is 3. The molecule has 0 saturated heterocycles. The maximum Gasteiger partial charge on any atom is 0.401 e. The van der Waals surface area contributed by atoms with Crippen LogP contribution in [0.1, 0.15) is 11.7 Å². The summed E-state index contributed by atoms with van der Waals surface area (Å²) in [5.41, 5.74) is 5.30. The van der Waals surface area contributed by atoms with Gasteiger partial charge < -0.3 is 10.3 Å². The van der Waals surface area contributed by atoms with Gasteiger partial charge in [-0.2, -0.15) is 13.2 Å². The number of hydrogen-bond acceptors (Lipinski definition) is 3. The smallest absolute Gasteiger partial charge is 0.368 e. The Kier molecular flexibility index (Phi) is 3.53. The predicted molar refractivity (Wildman–Crippen MR) is 49.2 cm³/mol. The second-order valence-corrected chi connectivity index (χ2v) is 3.26. The van der Waals surface area contributed by atoms with Crippen LogP contribution in [0.4, 0.5) is 13.2 Å². The average Bonchev–Trinajstić information content (AvgIpc) is 2.50. The van der Waals surface area contributed by atoms with Crippen LogP contribution in [0.2, 0.25) is 0 Å². The van der Waals surface area contributed by atoms with E-state index in [2.05, 4.69) is 4.98 Å². The minimum atomic E-state index is -4.40. The number of nitrogens with zero attached hydrogens (tertiary/aromatic N) is 2. The average molecular weight is 236 g/mol. The molecule has 90 valence electrons. The van der Waals surface area contributed by atoms with Crippen LogP contribution in [0.5, 0.6) is 0 Å². The Hall–Kier alpha value is -1.57. The maximum absolute atomic E-state index is 12.0. The SMILES string of the molecule is Cn1cncc1C(NCC(F)(F)F)C(N)=O. The van der Waals surface area contributed by atoms with E-state index in [1.165, 1.54) is 17.1 Å². The fourth-order valence-corrected chi connectivity index (χ4v) is 1.21. The number of alkyl halides is 3. The molecule has 5 nitrogen and oxygen atoms in total. The second kappa shape index (κ2) is 4.52. The third-order valence-corrected chi connectivity index (χ3v) is 1.94. The second-order valence-electron chi connectivity index (χ2n) is 3.26. The number of hydrogen-bond donors (Lipinski definition) is 2. The zero-order valence-corrected chi connectivity index (χ0v) is 8.45. The van der Waals surface area contributed by atoms with E-state index >= 15 is 0 Å². The molecule has 0 aliphatic heterocycles. The predicted octanol–water partition coefficient (Wildman–Crippen LogP) is 0.0984. The van der Waals surface area contributed by atoms with Crippen LogP contribution >= 0.6 is 0 Å². The molecule has 1 rings (SSSR count). The van der Waals surface area contributed by atoms with Crippen LogP contribution in [-0.2, 0) is 11.8 Å². The lowest BCUT2D eigenvalue weighted by atomic mass is 10.2. The van der Waals surface area contributed by atoms with Gasteiger partial charge in [-0.25, -0.2) is 4.98 Å². The van der Waals surface area contributed by atoms with Crippen LogP contribution in [0.3, 0.4) is 0 Å². The molecule has 8 heteroatoms. The van der Waals surface area contributed by atoms with E-state index in [1.807, 2.05) is 5.32 Å². The van der Waals surface area contributed by atoms with Gasteiger partial charge in [-0.15, -0.1) is 0 Å². The summed E-state index contributed by atoms with van der Waals surface area (Å²) in [6, 6.07) is -1.20. The van der Waals surface area contributed by atoms with Gasteiger partial charge in [0.1, 0.15) is 6.04 Å². The zero-order valence-electron chi connectivity index (χ0n) is 8.45. The van der Waals surface area contributed by atoms with Crippen LogP contribution < -0.4 is 11.1 Å². The Morgan fingerprint density at radius 2 is 2.31 bits per heavy atom. The number of amides is 1. The van der Waals surface area contributed by atoms with Gasteiger partial charge in [-0.05, 0) is 0 Å². The number of primary amides is 1. The summed E-state index contributed by atoms with van der Waals surface area (Å²) in [6.45, 7) is -1.29. The van der Waals surface area contributed by atoms with Gasteiger partial charge in [0.2, 0.25) is 5.91 Å². The molecule has 0 saturated carbocycles. The first-order valence-corrected chi connectivity index (χ1v) is 4.37. The molecule has 3 N–H and O–H groups in total. The standard InChI is InChI=1S/C8H11F3N4O/c1-15-4-13-2-5(15)6(7(12)16)14-3-8(9,10)11/h2,4,6,14H,3H2,1H3,(H2,12,16). The lowest BCUT2D eigenvalue weighted by molar-refractivity contribution is -0.131. The molecule has 1 amide bonds. The molecule has 1 aromatic heterocycles. The van der Waals surface area contributed by atoms with Crippen molar-refractivity contribution in [1.82, 2.24) is 14.9 Å². The number of aromatic nitrogens is 2. The third-order valence-electron chi connectivity index (χ3n) is 1.94. The van der Waals surface area contributed by atoms with Gasteiger partial charge in [0.15, 0.2) is 0 Å².